The fourth-order valence-electron chi connectivity index (χ4n) is 3.75. The van der Waals surface area contributed by atoms with Crippen molar-refractivity contribution >= 4 is 74.4 Å². The molecule has 0 aromatic heterocycles. The van der Waals surface area contributed by atoms with E-state index in [1.807, 2.05) is 24.3 Å². The fourth-order valence-corrected chi connectivity index (χ4v) is 8.49. The van der Waals surface area contributed by atoms with Gasteiger partial charge in [0.15, 0.2) is 0 Å². The summed E-state index contributed by atoms with van der Waals surface area (Å²) in [5.74, 6) is -1.82. The molecule has 240 valence electrons. The molecule has 0 N–H and O–H groups in total. The Morgan fingerprint density at radius 3 is 1.61 bits per heavy atom. The van der Waals surface area contributed by atoms with Crippen molar-refractivity contribution < 1.29 is 38.1 Å². The topological polar surface area (TPSA) is 105 Å². The maximum atomic E-state index is 12.7. The van der Waals surface area contributed by atoms with Gasteiger partial charge in [-0.1, -0.05) is 108 Å². The molecule has 0 unspecified atom stereocenters. The second kappa shape index (κ2) is 16.0. The minimum atomic E-state index is -0.869. The van der Waals surface area contributed by atoms with E-state index >= 15 is 0 Å². The van der Waals surface area contributed by atoms with E-state index in [2.05, 4.69) is 28.8 Å². The van der Waals surface area contributed by atoms with Crippen molar-refractivity contribution in [1.82, 2.24) is 0 Å². The molecule has 0 heterocycles. The molecule has 0 saturated carbocycles. The third-order valence-electron chi connectivity index (χ3n) is 6.19. The summed E-state index contributed by atoms with van der Waals surface area (Å²) >= 11 is -1.71. The van der Waals surface area contributed by atoms with Gasteiger partial charge in [0, 0.05) is 43.5 Å². The zero-order chi connectivity index (χ0) is 34.3. The number of rotatable bonds is 12. The SMILES string of the molecule is C=Ic1c(OC(=O)C(=C)C)cc(OC(=O)C(=C)C)c(-c2ccc(-c3ccc(OC(=O)C(=C)C)cc3OC(=O)C(C)C)cc2)c1I=C. The highest BCUT2D eigenvalue weighted by molar-refractivity contribution is 14.2. The summed E-state index contributed by atoms with van der Waals surface area (Å²) in [5, 5.41) is 0. The Hall–Kier alpha value is -4.04. The van der Waals surface area contributed by atoms with Crippen LogP contribution in [-0.2, 0) is 19.2 Å². The van der Waals surface area contributed by atoms with Crippen molar-refractivity contribution in [3.63, 3.8) is 0 Å². The first-order valence-electron chi connectivity index (χ1n) is 13.8. The van der Waals surface area contributed by atoms with Gasteiger partial charge >= 0.3 is 23.9 Å². The standard InChI is InChI=1S/C36H34I2O8/c1-19(2)33(39)43-25-15-16-26(27(17-25)44-34(40)20(3)4)23-11-13-24(14-12-23)30-28(45-35(41)21(5)6)18-29(46-36(42)22(7)8)31(37-9)32(30)38-10/h11-18,20H,1,5,7,9-10H2,2-4,6,8H3. The third kappa shape index (κ3) is 8.81. The molecule has 3 aromatic carbocycles. The molecule has 0 bridgehead atoms. The van der Waals surface area contributed by atoms with E-state index in [-0.39, 0.29) is 39.7 Å². The third-order valence-corrected chi connectivity index (χ3v) is 10.9. The summed E-state index contributed by atoms with van der Waals surface area (Å²) in [5.41, 5.74) is 3.30. The van der Waals surface area contributed by atoms with Crippen LogP contribution in [0.1, 0.15) is 34.6 Å². The number of ether oxygens (including phenoxy) is 4. The number of hydrogen-bond acceptors (Lipinski definition) is 8. The molecule has 3 rings (SSSR count). The molecule has 8 nitrogen and oxygen atoms in total. The van der Waals surface area contributed by atoms with Crippen molar-refractivity contribution in [2.75, 3.05) is 0 Å². The van der Waals surface area contributed by atoms with E-state index in [0.29, 0.717) is 16.7 Å². The van der Waals surface area contributed by atoms with E-state index in [0.717, 1.165) is 12.7 Å². The number of halogens is 2. The van der Waals surface area contributed by atoms with Crippen LogP contribution in [0.5, 0.6) is 23.0 Å². The summed E-state index contributed by atoms with van der Waals surface area (Å²) < 4.78 is 32.5. The molecular weight excluding hydrogens is 814 g/mol. The molecule has 10 heteroatoms. The quantitative estimate of drug-likeness (QED) is 0.0779. The Balaban J connectivity index is 2.20. The lowest BCUT2D eigenvalue weighted by molar-refractivity contribution is -0.137. The lowest BCUT2D eigenvalue weighted by atomic mass is 9.99. The lowest BCUT2D eigenvalue weighted by Crippen LogP contribution is -2.15. The zero-order valence-electron chi connectivity index (χ0n) is 26.3. The summed E-state index contributed by atoms with van der Waals surface area (Å²) in [4.78, 5) is 49.9. The predicted octanol–water partition coefficient (Wildman–Crippen LogP) is 8.17. The number of carbonyl (C=O) groups is 4. The maximum absolute atomic E-state index is 12.7. The first-order valence-corrected chi connectivity index (χ1v) is 19.0. The normalized spacial score (nSPS) is 10.6. The zero-order valence-corrected chi connectivity index (χ0v) is 30.6. The molecular formula is C36H34I2O8. The summed E-state index contributed by atoms with van der Waals surface area (Å²) in [6.07, 6.45) is 0. The molecule has 0 aliphatic heterocycles. The van der Waals surface area contributed by atoms with Crippen LogP contribution in [0.15, 0.2) is 85.0 Å². The van der Waals surface area contributed by atoms with Gasteiger partial charge in [-0.25, -0.2) is 14.4 Å². The second-order valence-electron chi connectivity index (χ2n) is 10.5. The molecule has 0 fully saturated rings. The molecule has 0 spiro atoms. The summed E-state index contributed by atoms with van der Waals surface area (Å²) in [7, 11) is 0. The van der Waals surface area contributed by atoms with Crippen LogP contribution in [0.25, 0.3) is 22.3 Å². The van der Waals surface area contributed by atoms with Crippen LogP contribution >= 0.6 is 41.5 Å². The highest BCUT2D eigenvalue weighted by Gasteiger charge is 2.24. The van der Waals surface area contributed by atoms with E-state index in [1.54, 1.807) is 32.9 Å². The Morgan fingerprint density at radius 2 is 1.11 bits per heavy atom. The highest BCUT2D eigenvalue weighted by atomic mass is 127. The van der Waals surface area contributed by atoms with Gasteiger partial charge in [0.1, 0.15) is 23.0 Å². The van der Waals surface area contributed by atoms with E-state index in [1.165, 1.54) is 26.0 Å². The van der Waals surface area contributed by atoms with Crippen LogP contribution < -0.4 is 18.9 Å². The monoisotopic (exact) mass is 848 g/mol. The lowest BCUT2D eigenvalue weighted by Gasteiger charge is -2.19. The van der Waals surface area contributed by atoms with Crippen molar-refractivity contribution in [3.8, 4) is 45.3 Å². The minimum Gasteiger partial charge on any atom is -0.426 e. The van der Waals surface area contributed by atoms with Gasteiger partial charge in [-0.05, 0) is 44.0 Å². The van der Waals surface area contributed by atoms with Gasteiger partial charge in [-0.2, -0.15) is 0 Å². The number of carbonyl (C=O) groups excluding carboxylic acids is 4. The maximum Gasteiger partial charge on any atom is 0.338 e. The van der Waals surface area contributed by atoms with Gasteiger partial charge in [0.25, 0.3) is 0 Å². The van der Waals surface area contributed by atoms with E-state index in [9.17, 15) is 19.2 Å². The molecule has 0 aliphatic rings. The molecule has 0 radical (unpaired) electrons. The molecule has 0 aliphatic carbocycles. The van der Waals surface area contributed by atoms with Gasteiger partial charge in [-0.15, -0.1) is 0 Å². The van der Waals surface area contributed by atoms with E-state index in [4.69, 9.17) is 18.9 Å². The van der Waals surface area contributed by atoms with Gasteiger partial charge in [0.2, 0.25) is 0 Å². The van der Waals surface area contributed by atoms with Gasteiger partial charge < -0.3 is 18.9 Å². The molecule has 0 amide bonds. The van der Waals surface area contributed by atoms with Crippen molar-refractivity contribution in [3.05, 3.63) is 92.1 Å². The van der Waals surface area contributed by atoms with Crippen molar-refractivity contribution in [2.24, 2.45) is 5.92 Å². The average molecular weight is 848 g/mol. The molecule has 3 aromatic rings. The Labute approximate surface area is 288 Å². The summed E-state index contributed by atoms with van der Waals surface area (Å²) in [6, 6.07) is 13.7. The molecule has 46 heavy (non-hydrogen) atoms. The Morgan fingerprint density at radius 1 is 0.609 bits per heavy atom. The molecule has 0 saturated heterocycles. The number of benzene rings is 3. The molecule has 0 atom stereocenters. The van der Waals surface area contributed by atoms with E-state index < -0.39 is 71.3 Å². The Kier molecular flexibility index (Phi) is 12.7. The van der Waals surface area contributed by atoms with Crippen LogP contribution in [0.4, 0.5) is 0 Å². The van der Waals surface area contributed by atoms with Crippen LogP contribution in [0.2, 0.25) is 0 Å². The van der Waals surface area contributed by atoms with Crippen LogP contribution in [0, 0.1) is 13.1 Å². The second-order valence-corrected chi connectivity index (χ2v) is 14.1. The van der Waals surface area contributed by atoms with Crippen LogP contribution in [-0.4, -0.2) is 32.9 Å². The van der Waals surface area contributed by atoms with Crippen molar-refractivity contribution in [2.45, 2.75) is 34.6 Å². The number of esters is 4. The smallest absolute Gasteiger partial charge is 0.338 e. The first-order chi connectivity index (χ1) is 21.7. The van der Waals surface area contributed by atoms with Gasteiger partial charge in [0.05, 0.1) is 9.49 Å². The fraction of sp³-hybridized carbons (Fsp3) is 0.167. The number of hydrogen-bond donors (Lipinski definition) is 0. The van der Waals surface area contributed by atoms with Crippen molar-refractivity contribution in [1.29, 1.82) is 0 Å². The van der Waals surface area contributed by atoms with Gasteiger partial charge in [-0.3, -0.25) is 4.79 Å². The highest BCUT2D eigenvalue weighted by Crippen LogP contribution is 2.45. The Bertz CT molecular complexity index is 1800. The minimum absolute atomic E-state index is 0.194. The predicted molar refractivity (Wildman–Crippen MR) is 199 cm³/mol. The average Bonchev–Trinajstić information content (AvgIpc) is 3.00. The van der Waals surface area contributed by atoms with Crippen LogP contribution in [0.3, 0.4) is 0 Å². The first kappa shape index (κ1) is 36.4. The summed E-state index contributed by atoms with van der Waals surface area (Å²) in [6.45, 7) is 19.0. The largest absolute Gasteiger partial charge is 0.426 e.